The van der Waals surface area contributed by atoms with E-state index in [-0.39, 0.29) is 0 Å². The molecule has 1 aromatic heterocycles. The van der Waals surface area contributed by atoms with Crippen molar-refractivity contribution < 1.29 is 14.7 Å². The van der Waals surface area contributed by atoms with Gasteiger partial charge in [-0.05, 0) is 19.1 Å². The standard InChI is InChI=1S/C12H10N2O3/c1-8-13-9-4-2-3-5-10(9)14(8)11(15)6-7-12(16)17/h2-7H,1H3,(H,16,17)/b7-6-. The molecule has 0 fully saturated rings. The number of aromatic nitrogens is 2. The number of hydrogen-bond acceptors (Lipinski definition) is 3. The number of para-hydroxylation sites is 2. The number of carboxylic acids is 1. The molecule has 0 bridgehead atoms. The van der Waals surface area contributed by atoms with Crippen LogP contribution in [-0.4, -0.2) is 26.5 Å². The second-order valence-corrected chi connectivity index (χ2v) is 3.49. The van der Waals surface area contributed by atoms with E-state index in [1.165, 1.54) is 4.57 Å². The topological polar surface area (TPSA) is 72.2 Å². The highest BCUT2D eigenvalue weighted by Crippen LogP contribution is 2.15. The molecule has 1 heterocycles. The molecule has 0 radical (unpaired) electrons. The SMILES string of the molecule is Cc1nc2ccccc2n1C(=O)/C=C\C(=O)O. The van der Waals surface area contributed by atoms with Crippen molar-refractivity contribution in [3.8, 4) is 0 Å². The van der Waals surface area contributed by atoms with Crippen LogP contribution >= 0.6 is 0 Å². The fourth-order valence-electron chi connectivity index (χ4n) is 1.64. The minimum Gasteiger partial charge on any atom is -0.478 e. The summed E-state index contributed by atoms with van der Waals surface area (Å²) in [5.74, 6) is -1.04. The minimum absolute atomic E-state index is 0.418. The van der Waals surface area contributed by atoms with Crippen LogP contribution in [0.1, 0.15) is 10.6 Å². The summed E-state index contributed by atoms with van der Waals surface area (Å²) >= 11 is 0. The Labute approximate surface area is 97.0 Å². The summed E-state index contributed by atoms with van der Waals surface area (Å²) in [6.45, 7) is 1.70. The number of carboxylic acid groups (broad SMARTS) is 1. The molecule has 86 valence electrons. The molecule has 0 spiro atoms. The van der Waals surface area contributed by atoms with Gasteiger partial charge in [0.25, 0.3) is 5.91 Å². The number of aliphatic carboxylic acids is 1. The normalized spacial score (nSPS) is 11.1. The average Bonchev–Trinajstić information content (AvgIpc) is 2.61. The van der Waals surface area contributed by atoms with E-state index in [0.29, 0.717) is 16.9 Å². The van der Waals surface area contributed by atoms with Gasteiger partial charge in [-0.25, -0.2) is 9.78 Å². The van der Waals surface area contributed by atoms with Crippen molar-refractivity contribution in [2.75, 3.05) is 0 Å². The molecule has 2 aromatic rings. The molecule has 5 nitrogen and oxygen atoms in total. The number of fused-ring (bicyclic) bond motifs is 1. The van der Waals surface area contributed by atoms with Crippen LogP contribution in [0.2, 0.25) is 0 Å². The molecular formula is C12H10N2O3. The Morgan fingerprint density at radius 3 is 2.71 bits per heavy atom. The van der Waals surface area contributed by atoms with Crippen LogP contribution in [0, 0.1) is 6.92 Å². The van der Waals surface area contributed by atoms with Crippen molar-refractivity contribution in [3.05, 3.63) is 42.2 Å². The third-order valence-corrected chi connectivity index (χ3v) is 2.32. The molecule has 0 aliphatic rings. The van der Waals surface area contributed by atoms with Crippen LogP contribution in [0.15, 0.2) is 36.4 Å². The predicted octanol–water partition coefficient (Wildman–Crippen LogP) is 1.63. The molecule has 0 unspecified atom stereocenters. The highest BCUT2D eigenvalue weighted by atomic mass is 16.4. The molecule has 0 aliphatic heterocycles. The maximum absolute atomic E-state index is 11.8. The van der Waals surface area contributed by atoms with Gasteiger partial charge in [0.15, 0.2) is 0 Å². The smallest absolute Gasteiger partial charge is 0.328 e. The summed E-state index contributed by atoms with van der Waals surface area (Å²) in [6.07, 6.45) is 1.83. The largest absolute Gasteiger partial charge is 0.478 e. The van der Waals surface area contributed by atoms with E-state index < -0.39 is 11.9 Å². The van der Waals surface area contributed by atoms with Crippen LogP contribution < -0.4 is 0 Å². The Bertz CT molecular complexity index is 626. The summed E-state index contributed by atoms with van der Waals surface area (Å²) in [5.41, 5.74) is 1.38. The van der Waals surface area contributed by atoms with Gasteiger partial charge in [-0.2, -0.15) is 0 Å². The number of rotatable bonds is 2. The van der Waals surface area contributed by atoms with Gasteiger partial charge < -0.3 is 5.11 Å². The Morgan fingerprint density at radius 2 is 2.00 bits per heavy atom. The molecule has 5 heteroatoms. The number of carbonyl (C=O) groups excluding carboxylic acids is 1. The first-order valence-corrected chi connectivity index (χ1v) is 4.99. The quantitative estimate of drug-likeness (QED) is 0.796. The van der Waals surface area contributed by atoms with Crippen LogP contribution in [0.4, 0.5) is 0 Å². The van der Waals surface area contributed by atoms with Gasteiger partial charge >= 0.3 is 5.97 Å². The summed E-state index contributed by atoms with van der Waals surface area (Å²) in [6, 6.07) is 7.19. The van der Waals surface area contributed by atoms with E-state index in [1.807, 2.05) is 6.07 Å². The molecular weight excluding hydrogens is 220 g/mol. The van der Waals surface area contributed by atoms with E-state index in [4.69, 9.17) is 5.11 Å². The summed E-state index contributed by atoms with van der Waals surface area (Å²) in [7, 11) is 0. The molecule has 1 N–H and O–H groups in total. The number of hydrogen-bond donors (Lipinski definition) is 1. The highest BCUT2D eigenvalue weighted by molar-refractivity contribution is 6.00. The van der Waals surface area contributed by atoms with E-state index >= 15 is 0 Å². The number of aryl methyl sites for hydroxylation is 1. The van der Waals surface area contributed by atoms with Gasteiger partial charge in [0.2, 0.25) is 0 Å². The van der Waals surface area contributed by atoms with Gasteiger partial charge in [0.05, 0.1) is 11.0 Å². The number of benzene rings is 1. The first-order chi connectivity index (χ1) is 8.09. The maximum Gasteiger partial charge on any atom is 0.328 e. The number of allylic oxidation sites excluding steroid dienone is 1. The highest BCUT2D eigenvalue weighted by Gasteiger charge is 2.11. The molecule has 0 saturated heterocycles. The minimum atomic E-state index is -1.15. The maximum atomic E-state index is 11.8. The molecule has 2 rings (SSSR count). The molecule has 0 saturated carbocycles. The van der Waals surface area contributed by atoms with E-state index in [2.05, 4.69) is 4.98 Å². The Hall–Kier alpha value is -2.43. The van der Waals surface area contributed by atoms with Crippen LogP contribution in [0.25, 0.3) is 11.0 Å². The van der Waals surface area contributed by atoms with Crippen LogP contribution in [0.5, 0.6) is 0 Å². The van der Waals surface area contributed by atoms with Gasteiger partial charge in [-0.3, -0.25) is 9.36 Å². The molecule has 0 atom stereocenters. The Balaban J connectivity index is 2.51. The van der Waals surface area contributed by atoms with Crippen molar-refractivity contribution in [3.63, 3.8) is 0 Å². The van der Waals surface area contributed by atoms with E-state index in [1.54, 1.807) is 25.1 Å². The van der Waals surface area contributed by atoms with Gasteiger partial charge in [0.1, 0.15) is 5.82 Å². The third kappa shape index (κ3) is 2.08. The number of imidazole rings is 1. The average molecular weight is 230 g/mol. The molecule has 1 aromatic carbocycles. The van der Waals surface area contributed by atoms with Crippen molar-refractivity contribution in [2.45, 2.75) is 6.92 Å². The van der Waals surface area contributed by atoms with Crippen LogP contribution in [0.3, 0.4) is 0 Å². The lowest BCUT2D eigenvalue weighted by Gasteiger charge is -2.00. The zero-order valence-corrected chi connectivity index (χ0v) is 9.12. The number of carbonyl (C=O) groups is 2. The summed E-state index contributed by atoms with van der Waals surface area (Å²) in [4.78, 5) is 26.4. The van der Waals surface area contributed by atoms with E-state index in [9.17, 15) is 9.59 Å². The zero-order valence-electron chi connectivity index (χ0n) is 9.12. The van der Waals surface area contributed by atoms with Crippen molar-refractivity contribution in [2.24, 2.45) is 0 Å². The van der Waals surface area contributed by atoms with Gasteiger partial charge in [0, 0.05) is 12.2 Å². The van der Waals surface area contributed by atoms with Crippen molar-refractivity contribution in [1.82, 2.24) is 9.55 Å². The zero-order chi connectivity index (χ0) is 12.4. The lowest BCUT2D eigenvalue weighted by Crippen LogP contribution is -2.09. The van der Waals surface area contributed by atoms with E-state index in [0.717, 1.165) is 12.2 Å². The van der Waals surface area contributed by atoms with Crippen molar-refractivity contribution in [1.29, 1.82) is 0 Å². The van der Waals surface area contributed by atoms with Crippen molar-refractivity contribution >= 4 is 22.9 Å². The molecule has 17 heavy (non-hydrogen) atoms. The lowest BCUT2D eigenvalue weighted by molar-refractivity contribution is -0.131. The summed E-state index contributed by atoms with van der Waals surface area (Å²) < 4.78 is 1.38. The lowest BCUT2D eigenvalue weighted by atomic mass is 10.3. The fraction of sp³-hybridized carbons (Fsp3) is 0.0833. The number of nitrogens with zero attached hydrogens (tertiary/aromatic N) is 2. The van der Waals surface area contributed by atoms with Crippen LogP contribution in [-0.2, 0) is 4.79 Å². The third-order valence-electron chi connectivity index (χ3n) is 2.32. The summed E-state index contributed by atoms with van der Waals surface area (Å²) in [5, 5.41) is 8.48. The Morgan fingerprint density at radius 1 is 1.29 bits per heavy atom. The van der Waals surface area contributed by atoms with Gasteiger partial charge in [-0.1, -0.05) is 12.1 Å². The van der Waals surface area contributed by atoms with Gasteiger partial charge in [-0.15, -0.1) is 0 Å². The second kappa shape index (κ2) is 4.21. The first kappa shape index (κ1) is 11.1. The predicted molar refractivity (Wildman–Crippen MR) is 61.9 cm³/mol. The molecule has 0 aliphatic carbocycles. The Kier molecular flexibility index (Phi) is 2.74. The molecule has 0 amide bonds. The second-order valence-electron chi connectivity index (χ2n) is 3.49. The first-order valence-electron chi connectivity index (χ1n) is 4.99. The monoisotopic (exact) mass is 230 g/mol. The fourth-order valence-corrected chi connectivity index (χ4v) is 1.64.